The van der Waals surface area contributed by atoms with E-state index in [2.05, 4.69) is 21.9 Å². The molecule has 0 amide bonds. The van der Waals surface area contributed by atoms with E-state index in [1.54, 1.807) is 18.2 Å². The predicted octanol–water partition coefficient (Wildman–Crippen LogP) is 4.70. The summed E-state index contributed by atoms with van der Waals surface area (Å²) in [5.41, 5.74) is 3.68. The first kappa shape index (κ1) is 20.8. The molecule has 1 unspecified atom stereocenters. The van der Waals surface area contributed by atoms with E-state index in [9.17, 15) is 12.8 Å². The molecule has 164 valence electrons. The maximum atomic E-state index is 14.9. The number of halogens is 1. The molecule has 0 radical (unpaired) electrons. The van der Waals surface area contributed by atoms with Crippen molar-refractivity contribution in [3.8, 4) is 16.9 Å². The molecular weight excluding hydrogens is 429 g/mol. The van der Waals surface area contributed by atoms with E-state index in [0.29, 0.717) is 46.7 Å². The minimum absolute atomic E-state index is 0.109. The van der Waals surface area contributed by atoms with Crippen LogP contribution in [0.25, 0.3) is 16.8 Å². The highest BCUT2D eigenvalue weighted by Gasteiger charge is 2.37. The summed E-state index contributed by atoms with van der Waals surface area (Å²) in [6, 6.07) is 9.34. The van der Waals surface area contributed by atoms with Gasteiger partial charge >= 0.3 is 0 Å². The number of methoxy groups -OCH3 is 1. The number of fused-ring (bicyclic) bond motifs is 1. The average Bonchev–Trinajstić information content (AvgIpc) is 3.56. The fourth-order valence-corrected chi connectivity index (χ4v) is 5.73. The van der Waals surface area contributed by atoms with E-state index >= 15 is 0 Å². The van der Waals surface area contributed by atoms with Gasteiger partial charge < -0.3 is 4.74 Å². The molecule has 5 rings (SSSR count). The zero-order valence-electron chi connectivity index (χ0n) is 17.7. The number of hydrogen-bond donors (Lipinski definition) is 0. The molecule has 1 saturated carbocycles. The van der Waals surface area contributed by atoms with Crippen LogP contribution in [-0.2, 0) is 9.84 Å². The third-order valence-corrected chi connectivity index (χ3v) is 8.28. The largest absolute Gasteiger partial charge is 0.496 e. The lowest BCUT2D eigenvalue weighted by Gasteiger charge is -2.19. The maximum absolute atomic E-state index is 14.9. The second-order valence-electron chi connectivity index (χ2n) is 8.05. The molecule has 1 fully saturated rings. The monoisotopic (exact) mass is 451 g/mol. The number of sulfone groups is 1. The smallest absolute Gasteiger partial charge is 0.181 e. The zero-order chi connectivity index (χ0) is 22.5. The van der Waals surface area contributed by atoms with Crippen molar-refractivity contribution in [1.82, 2.24) is 0 Å². The number of rotatable bonds is 6. The van der Waals surface area contributed by atoms with E-state index < -0.39 is 15.7 Å². The van der Waals surface area contributed by atoms with Crippen LogP contribution in [-0.4, -0.2) is 39.0 Å². The van der Waals surface area contributed by atoms with Gasteiger partial charge in [0.15, 0.2) is 9.84 Å². The summed E-state index contributed by atoms with van der Waals surface area (Å²) in [5.74, 6) is -0.0255. The van der Waals surface area contributed by atoms with Crippen LogP contribution in [0.4, 0.5) is 4.39 Å². The molecule has 0 N–H and O–H groups in total. The molecule has 3 aliphatic rings. The molecule has 6 nitrogen and oxygen atoms in total. The highest BCUT2D eigenvalue weighted by Crippen LogP contribution is 2.40. The molecule has 8 heteroatoms. The second kappa shape index (κ2) is 7.78. The normalized spacial score (nSPS) is 19.8. The average molecular weight is 452 g/mol. The van der Waals surface area contributed by atoms with E-state index in [0.717, 1.165) is 12.1 Å². The lowest BCUT2D eigenvalue weighted by Crippen LogP contribution is -2.19. The van der Waals surface area contributed by atoms with Gasteiger partial charge in [0.25, 0.3) is 0 Å². The summed E-state index contributed by atoms with van der Waals surface area (Å²) in [5, 5.41) is -0.328. The minimum Gasteiger partial charge on any atom is -0.496 e. The third kappa shape index (κ3) is 3.39. The van der Waals surface area contributed by atoms with E-state index in [1.165, 1.54) is 31.6 Å². The van der Waals surface area contributed by atoms with Crippen LogP contribution in [0.3, 0.4) is 0 Å². The predicted molar refractivity (Wildman–Crippen MR) is 124 cm³/mol. The highest BCUT2D eigenvalue weighted by molar-refractivity contribution is 7.92. The molecule has 2 aliphatic heterocycles. The number of aliphatic imine (C=N–C) groups is 3. The summed E-state index contributed by atoms with van der Waals surface area (Å²) >= 11 is 0. The first-order valence-electron chi connectivity index (χ1n) is 10.5. The Labute approximate surface area is 186 Å². The van der Waals surface area contributed by atoms with Crippen molar-refractivity contribution in [2.75, 3.05) is 7.11 Å². The van der Waals surface area contributed by atoms with Gasteiger partial charge in [0.05, 0.1) is 28.7 Å². The highest BCUT2D eigenvalue weighted by atomic mass is 32.2. The summed E-state index contributed by atoms with van der Waals surface area (Å²) in [4.78, 5) is 13.6. The standard InChI is InChI=1S/C24H22FN3O3S/c1-3-14-12-26-23(24-22(14)27-13-28-24)15-4-9-20(25)19(10-15)18-8-7-17(11-21(18)31-2)32(29,30)16-5-6-16/h4,7-14,16H,3,5-6H2,1-2H3. The van der Waals surface area contributed by atoms with Crippen LogP contribution in [0.5, 0.6) is 5.75 Å². The molecule has 0 bridgehead atoms. The number of hydrogen-bond acceptors (Lipinski definition) is 6. The lowest BCUT2D eigenvalue weighted by atomic mass is 9.93. The first-order chi connectivity index (χ1) is 15.4. The SMILES string of the molecule is CCC1C=NC(c2ccc(F)c(-c3ccc(S(=O)(=O)C4CC4)cc3OC)c2)=C2N=CN=C21. The Balaban J connectivity index is 1.59. The van der Waals surface area contributed by atoms with Gasteiger partial charge in [0.1, 0.15) is 23.6 Å². The van der Waals surface area contributed by atoms with Crippen LogP contribution >= 0.6 is 0 Å². The Bertz CT molecular complexity index is 1340. The van der Waals surface area contributed by atoms with Gasteiger partial charge in [0.2, 0.25) is 0 Å². The molecule has 0 saturated heterocycles. The van der Waals surface area contributed by atoms with Crippen molar-refractivity contribution in [3.05, 3.63) is 53.5 Å². The molecule has 2 aromatic carbocycles. The van der Waals surface area contributed by atoms with E-state index in [-0.39, 0.29) is 16.1 Å². The van der Waals surface area contributed by atoms with Crippen LogP contribution in [0.15, 0.2) is 62.0 Å². The molecule has 0 aromatic heterocycles. The van der Waals surface area contributed by atoms with Crippen molar-refractivity contribution in [2.24, 2.45) is 20.9 Å². The van der Waals surface area contributed by atoms with Crippen LogP contribution in [0.2, 0.25) is 0 Å². The Hall–Kier alpha value is -3.13. The van der Waals surface area contributed by atoms with Gasteiger partial charge in [-0.15, -0.1) is 0 Å². The van der Waals surface area contributed by atoms with Gasteiger partial charge in [-0.25, -0.2) is 22.8 Å². The summed E-state index contributed by atoms with van der Waals surface area (Å²) in [6.45, 7) is 2.06. The number of allylic oxidation sites excluding steroid dienone is 1. The van der Waals surface area contributed by atoms with Crippen LogP contribution in [0.1, 0.15) is 31.7 Å². The van der Waals surface area contributed by atoms with Gasteiger partial charge in [-0.1, -0.05) is 6.92 Å². The summed E-state index contributed by atoms with van der Waals surface area (Å²) in [7, 11) is -1.93. The quantitative estimate of drug-likeness (QED) is 0.639. The Morgan fingerprint density at radius 3 is 2.59 bits per heavy atom. The Kier molecular flexibility index (Phi) is 5.04. The fraction of sp³-hybridized carbons (Fsp3) is 0.292. The van der Waals surface area contributed by atoms with E-state index in [4.69, 9.17) is 4.74 Å². The van der Waals surface area contributed by atoms with Crippen LogP contribution in [0, 0.1) is 11.7 Å². The van der Waals surface area contributed by atoms with Crippen molar-refractivity contribution < 1.29 is 17.5 Å². The van der Waals surface area contributed by atoms with Crippen molar-refractivity contribution in [2.45, 2.75) is 36.3 Å². The summed E-state index contributed by atoms with van der Waals surface area (Å²) in [6.07, 6.45) is 5.59. The van der Waals surface area contributed by atoms with E-state index in [1.807, 2.05) is 6.21 Å². The van der Waals surface area contributed by atoms with Gasteiger partial charge in [-0.05, 0) is 55.7 Å². The number of nitrogens with zero attached hydrogens (tertiary/aromatic N) is 3. The molecular formula is C24H22FN3O3S. The Morgan fingerprint density at radius 1 is 1.06 bits per heavy atom. The first-order valence-corrected chi connectivity index (χ1v) is 12.1. The van der Waals surface area contributed by atoms with Gasteiger partial charge in [0, 0.05) is 28.8 Å². The maximum Gasteiger partial charge on any atom is 0.181 e. The van der Waals surface area contributed by atoms with Crippen LogP contribution < -0.4 is 4.74 Å². The van der Waals surface area contributed by atoms with Crippen molar-refractivity contribution in [3.63, 3.8) is 0 Å². The van der Waals surface area contributed by atoms with Gasteiger partial charge in [-0.2, -0.15) is 0 Å². The number of benzene rings is 2. The molecule has 0 spiro atoms. The topological polar surface area (TPSA) is 80.5 Å². The Morgan fingerprint density at radius 2 is 1.88 bits per heavy atom. The number of ether oxygens (including phenoxy) is 1. The zero-order valence-corrected chi connectivity index (χ0v) is 18.6. The molecule has 2 heterocycles. The van der Waals surface area contributed by atoms with Crippen molar-refractivity contribution in [1.29, 1.82) is 0 Å². The molecule has 2 aromatic rings. The van der Waals surface area contributed by atoms with Gasteiger partial charge in [-0.3, -0.25) is 4.99 Å². The summed E-state index contributed by atoms with van der Waals surface area (Å²) < 4.78 is 45.6. The molecule has 1 aliphatic carbocycles. The fourth-order valence-electron chi connectivity index (χ4n) is 4.06. The lowest BCUT2D eigenvalue weighted by molar-refractivity contribution is 0.415. The molecule has 32 heavy (non-hydrogen) atoms. The second-order valence-corrected chi connectivity index (χ2v) is 10.3. The van der Waals surface area contributed by atoms with Crippen molar-refractivity contribution >= 4 is 33.8 Å². The third-order valence-electron chi connectivity index (χ3n) is 6.02. The molecule has 1 atom stereocenters. The minimum atomic E-state index is -3.38.